The van der Waals surface area contributed by atoms with Gasteiger partial charge < -0.3 is 4.90 Å². The first-order chi connectivity index (χ1) is 12.9. The van der Waals surface area contributed by atoms with Gasteiger partial charge in [-0.2, -0.15) is 4.72 Å². The highest BCUT2D eigenvalue weighted by molar-refractivity contribution is 7.89. The summed E-state index contributed by atoms with van der Waals surface area (Å²) < 4.78 is 27.7. The molecule has 0 radical (unpaired) electrons. The van der Waals surface area contributed by atoms with Crippen molar-refractivity contribution in [1.29, 1.82) is 0 Å². The van der Waals surface area contributed by atoms with Gasteiger partial charge >= 0.3 is 0 Å². The summed E-state index contributed by atoms with van der Waals surface area (Å²) in [6.45, 7) is 0.225. The number of benzene rings is 2. The van der Waals surface area contributed by atoms with Crippen LogP contribution in [0.1, 0.15) is 15.4 Å². The monoisotopic (exact) mass is 399 g/mol. The highest BCUT2D eigenvalue weighted by Gasteiger charge is 2.18. The van der Waals surface area contributed by atoms with Crippen LogP contribution in [-0.2, 0) is 16.6 Å². The summed E-state index contributed by atoms with van der Waals surface area (Å²) >= 11 is 1.53. The second kappa shape index (κ2) is 7.88. The predicted molar refractivity (Wildman–Crippen MR) is 106 cm³/mol. The third-order valence-corrected chi connectivity index (χ3v) is 6.23. The lowest BCUT2D eigenvalue weighted by atomic mass is 10.2. The van der Waals surface area contributed by atoms with E-state index in [1.807, 2.05) is 24.3 Å². The molecule has 0 atom stereocenters. The SMILES string of the molecule is C#CCNS(=O)(=O)c1cccc(C(=O)N(C)Cc2nc3ccccc3s2)c1. The van der Waals surface area contributed by atoms with Gasteiger partial charge in [0.15, 0.2) is 0 Å². The Morgan fingerprint density at radius 3 is 2.78 bits per heavy atom. The van der Waals surface area contributed by atoms with Crippen LogP contribution in [0.3, 0.4) is 0 Å². The summed E-state index contributed by atoms with van der Waals surface area (Å²) in [5, 5.41) is 0.812. The van der Waals surface area contributed by atoms with E-state index in [9.17, 15) is 13.2 Å². The van der Waals surface area contributed by atoms with E-state index in [2.05, 4.69) is 15.6 Å². The number of amides is 1. The number of nitrogens with zero attached hydrogens (tertiary/aromatic N) is 2. The predicted octanol–water partition coefficient (Wildman–Crippen LogP) is 2.48. The van der Waals surface area contributed by atoms with Crippen molar-refractivity contribution in [3.05, 3.63) is 59.1 Å². The molecule has 3 rings (SSSR count). The molecule has 1 N–H and O–H groups in total. The summed E-state index contributed by atoms with van der Waals surface area (Å²) in [5.41, 5.74) is 1.17. The van der Waals surface area contributed by atoms with E-state index in [4.69, 9.17) is 6.42 Å². The molecule has 0 spiro atoms. The summed E-state index contributed by atoms with van der Waals surface area (Å²) in [6.07, 6.45) is 5.09. The molecule has 0 unspecified atom stereocenters. The Morgan fingerprint density at radius 2 is 2.04 bits per heavy atom. The van der Waals surface area contributed by atoms with Crippen molar-refractivity contribution in [2.24, 2.45) is 0 Å². The number of aromatic nitrogens is 1. The first-order valence-electron chi connectivity index (χ1n) is 8.04. The van der Waals surface area contributed by atoms with Gasteiger partial charge in [0.25, 0.3) is 5.91 Å². The van der Waals surface area contributed by atoms with Crippen LogP contribution < -0.4 is 4.72 Å². The minimum atomic E-state index is -3.75. The Balaban J connectivity index is 1.78. The lowest BCUT2D eigenvalue weighted by Gasteiger charge is -2.16. The van der Waals surface area contributed by atoms with E-state index in [-0.39, 0.29) is 22.9 Å². The maximum Gasteiger partial charge on any atom is 0.254 e. The van der Waals surface area contributed by atoms with Crippen LogP contribution in [0.15, 0.2) is 53.4 Å². The number of hydrogen-bond donors (Lipinski definition) is 1. The van der Waals surface area contributed by atoms with Crippen LogP contribution in [0.5, 0.6) is 0 Å². The van der Waals surface area contributed by atoms with Crippen LogP contribution in [0.2, 0.25) is 0 Å². The minimum absolute atomic E-state index is 0.00279. The molecule has 0 fully saturated rings. The Hall–Kier alpha value is -2.73. The lowest BCUT2D eigenvalue weighted by Crippen LogP contribution is -2.27. The average molecular weight is 399 g/mol. The van der Waals surface area contributed by atoms with Gasteiger partial charge in [0.05, 0.1) is 28.2 Å². The second-order valence-corrected chi connectivity index (χ2v) is 8.68. The molecular weight excluding hydrogens is 382 g/mol. The number of hydrogen-bond acceptors (Lipinski definition) is 5. The van der Waals surface area contributed by atoms with Crippen LogP contribution in [0.25, 0.3) is 10.2 Å². The zero-order valence-electron chi connectivity index (χ0n) is 14.5. The highest BCUT2D eigenvalue weighted by Crippen LogP contribution is 2.23. The fourth-order valence-corrected chi connectivity index (χ4v) is 4.50. The van der Waals surface area contributed by atoms with Gasteiger partial charge in [-0.05, 0) is 30.3 Å². The summed E-state index contributed by atoms with van der Waals surface area (Å²) in [5.74, 6) is 1.93. The molecule has 0 saturated carbocycles. The first kappa shape index (κ1) is 19.0. The fraction of sp³-hybridized carbons (Fsp3) is 0.158. The van der Waals surface area contributed by atoms with Gasteiger partial charge in [-0.3, -0.25) is 4.79 Å². The number of carbonyl (C=O) groups excluding carboxylic acids is 1. The quantitative estimate of drug-likeness (QED) is 0.646. The minimum Gasteiger partial charge on any atom is -0.335 e. The smallest absolute Gasteiger partial charge is 0.254 e. The Morgan fingerprint density at radius 1 is 1.26 bits per heavy atom. The molecule has 0 aliphatic rings. The van der Waals surface area contributed by atoms with Crippen molar-refractivity contribution >= 4 is 37.5 Å². The first-order valence-corrected chi connectivity index (χ1v) is 10.3. The van der Waals surface area contributed by atoms with Crippen LogP contribution in [0, 0.1) is 12.3 Å². The van der Waals surface area contributed by atoms with Gasteiger partial charge in [-0.1, -0.05) is 24.1 Å². The normalized spacial score (nSPS) is 11.3. The number of fused-ring (bicyclic) bond motifs is 1. The lowest BCUT2D eigenvalue weighted by molar-refractivity contribution is 0.0785. The molecule has 1 heterocycles. The Bertz CT molecular complexity index is 1100. The highest BCUT2D eigenvalue weighted by atomic mass is 32.2. The van der Waals surface area contributed by atoms with Crippen molar-refractivity contribution in [3.63, 3.8) is 0 Å². The molecule has 2 aromatic carbocycles. The number of para-hydroxylation sites is 1. The zero-order chi connectivity index (χ0) is 19.4. The average Bonchev–Trinajstić information content (AvgIpc) is 3.08. The third kappa shape index (κ3) is 4.34. The van der Waals surface area contributed by atoms with Gasteiger partial charge in [0, 0.05) is 12.6 Å². The van der Waals surface area contributed by atoms with E-state index in [0.717, 1.165) is 15.2 Å². The summed E-state index contributed by atoms with van der Waals surface area (Å²) in [7, 11) is -2.09. The van der Waals surface area contributed by atoms with E-state index in [1.165, 1.54) is 34.4 Å². The summed E-state index contributed by atoms with van der Waals surface area (Å²) in [4.78, 5) is 18.7. The van der Waals surface area contributed by atoms with Gasteiger partial charge in [-0.25, -0.2) is 13.4 Å². The number of rotatable bonds is 6. The van der Waals surface area contributed by atoms with E-state index >= 15 is 0 Å². The molecule has 3 aromatic rings. The van der Waals surface area contributed by atoms with E-state index < -0.39 is 10.0 Å². The van der Waals surface area contributed by atoms with Crippen molar-refractivity contribution in [3.8, 4) is 12.3 Å². The number of sulfonamides is 1. The molecule has 0 aliphatic carbocycles. The van der Waals surface area contributed by atoms with Crippen molar-refractivity contribution in [2.75, 3.05) is 13.6 Å². The molecule has 1 aromatic heterocycles. The van der Waals surface area contributed by atoms with Crippen molar-refractivity contribution in [1.82, 2.24) is 14.6 Å². The maximum atomic E-state index is 12.7. The number of thiazole rings is 1. The van der Waals surface area contributed by atoms with E-state index in [0.29, 0.717) is 6.54 Å². The molecule has 0 bridgehead atoms. The Labute approximate surface area is 161 Å². The molecule has 27 heavy (non-hydrogen) atoms. The topological polar surface area (TPSA) is 79.4 Å². The van der Waals surface area contributed by atoms with Crippen LogP contribution >= 0.6 is 11.3 Å². The Kier molecular flexibility index (Phi) is 5.56. The van der Waals surface area contributed by atoms with Crippen LogP contribution in [-0.4, -0.2) is 37.8 Å². The van der Waals surface area contributed by atoms with Crippen LogP contribution in [0.4, 0.5) is 0 Å². The number of carbonyl (C=O) groups is 1. The molecule has 0 saturated heterocycles. The van der Waals surface area contributed by atoms with Gasteiger partial charge in [0.2, 0.25) is 10.0 Å². The number of nitrogens with one attached hydrogen (secondary N) is 1. The summed E-state index contributed by atoms with van der Waals surface area (Å²) in [6, 6.07) is 13.6. The van der Waals surface area contributed by atoms with Crippen molar-refractivity contribution in [2.45, 2.75) is 11.4 Å². The molecular formula is C19H17N3O3S2. The maximum absolute atomic E-state index is 12.7. The second-order valence-electron chi connectivity index (χ2n) is 5.79. The molecule has 6 nitrogen and oxygen atoms in total. The van der Waals surface area contributed by atoms with E-state index in [1.54, 1.807) is 13.1 Å². The molecule has 1 amide bonds. The van der Waals surface area contributed by atoms with Crippen molar-refractivity contribution < 1.29 is 13.2 Å². The molecule has 0 aliphatic heterocycles. The molecule has 8 heteroatoms. The largest absolute Gasteiger partial charge is 0.335 e. The fourth-order valence-electron chi connectivity index (χ4n) is 2.50. The zero-order valence-corrected chi connectivity index (χ0v) is 16.2. The standard InChI is InChI=1S/C19H17N3O3S2/c1-3-11-20-27(24,25)15-8-6-7-14(12-15)19(23)22(2)13-18-21-16-9-4-5-10-17(16)26-18/h1,4-10,12,20H,11,13H2,2H3. The third-order valence-electron chi connectivity index (χ3n) is 3.81. The van der Waals surface area contributed by atoms with Gasteiger partial charge in [0.1, 0.15) is 5.01 Å². The number of terminal acetylenes is 1. The molecule has 138 valence electrons. The van der Waals surface area contributed by atoms with Gasteiger partial charge in [-0.15, -0.1) is 17.8 Å².